The van der Waals surface area contributed by atoms with Crippen LogP contribution in [0.3, 0.4) is 0 Å². The van der Waals surface area contributed by atoms with E-state index in [9.17, 15) is 0 Å². The summed E-state index contributed by atoms with van der Waals surface area (Å²) in [6.45, 7) is 5.85. The summed E-state index contributed by atoms with van der Waals surface area (Å²) in [5.41, 5.74) is 0. The molecular formula is C30H60N2. The minimum absolute atomic E-state index is 0.622. The maximum atomic E-state index is 2.60. The zero-order valence-corrected chi connectivity index (χ0v) is 22.6. The number of nitrogens with zero attached hydrogens (tertiary/aromatic N) is 2. The van der Waals surface area contributed by atoms with Gasteiger partial charge in [-0.1, -0.05) is 142 Å². The summed E-state index contributed by atoms with van der Waals surface area (Å²) >= 11 is 0. The third-order valence-electron chi connectivity index (χ3n) is 7.43. The van der Waals surface area contributed by atoms with E-state index in [1.54, 1.807) is 0 Å². The van der Waals surface area contributed by atoms with Crippen LogP contribution in [0.15, 0.2) is 12.4 Å². The van der Waals surface area contributed by atoms with Crippen LogP contribution in [-0.2, 0) is 0 Å². The molecule has 0 fully saturated rings. The van der Waals surface area contributed by atoms with Crippen molar-refractivity contribution in [2.24, 2.45) is 0 Å². The van der Waals surface area contributed by atoms with Gasteiger partial charge in [-0.25, -0.2) is 0 Å². The van der Waals surface area contributed by atoms with Gasteiger partial charge < -0.3 is 9.80 Å². The van der Waals surface area contributed by atoms with Crippen LogP contribution in [0.5, 0.6) is 0 Å². The van der Waals surface area contributed by atoms with E-state index >= 15 is 0 Å². The zero-order chi connectivity index (χ0) is 23.1. The molecule has 1 rings (SSSR count). The Hall–Kier alpha value is -0.660. The van der Waals surface area contributed by atoms with Gasteiger partial charge in [0.2, 0.25) is 0 Å². The van der Waals surface area contributed by atoms with E-state index in [-0.39, 0.29) is 0 Å². The van der Waals surface area contributed by atoms with E-state index in [1.165, 1.54) is 154 Å². The minimum Gasteiger partial charge on any atom is -0.359 e. The summed E-state index contributed by atoms with van der Waals surface area (Å²) < 4.78 is 0. The lowest BCUT2D eigenvalue weighted by Gasteiger charge is -2.30. The van der Waals surface area contributed by atoms with Crippen LogP contribution >= 0.6 is 0 Å². The van der Waals surface area contributed by atoms with Crippen LogP contribution in [0.1, 0.15) is 162 Å². The first-order chi connectivity index (χ1) is 15.8. The van der Waals surface area contributed by atoms with Crippen molar-refractivity contribution in [3.8, 4) is 0 Å². The molecule has 1 atom stereocenters. The fraction of sp³-hybridized carbons (Fsp3) is 0.933. The molecule has 0 aromatic rings. The summed E-state index contributed by atoms with van der Waals surface area (Å²) in [7, 11) is 2.26. The summed E-state index contributed by atoms with van der Waals surface area (Å²) in [6.07, 6.45) is 38.2. The Kier molecular flexibility index (Phi) is 20.3. The lowest BCUT2D eigenvalue weighted by Crippen LogP contribution is -2.37. The number of hydrogen-bond donors (Lipinski definition) is 0. The molecule has 0 N–H and O–H groups in total. The lowest BCUT2D eigenvalue weighted by atomic mass is 10.0. The molecule has 2 nitrogen and oxygen atoms in total. The Balaban J connectivity index is 1.87. The first kappa shape index (κ1) is 29.4. The molecule has 0 saturated heterocycles. The fourth-order valence-corrected chi connectivity index (χ4v) is 5.17. The maximum absolute atomic E-state index is 2.60. The Labute approximate surface area is 203 Å². The molecule has 32 heavy (non-hydrogen) atoms. The second-order valence-electron chi connectivity index (χ2n) is 10.5. The lowest BCUT2D eigenvalue weighted by molar-refractivity contribution is 0.159. The third kappa shape index (κ3) is 16.0. The van der Waals surface area contributed by atoms with Crippen molar-refractivity contribution < 1.29 is 0 Å². The summed E-state index contributed by atoms with van der Waals surface area (Å²) in [6, 6.07) is 0. The second kappa shape index (κ2) is 22.1. The van der Waals surface area contributed by atoms with Gasteiger partial charge in [0.25, 0.3) is 0 Å². The van der Waals surface area contributed by atoms with E-state index in [0.29, 0.717) is 6.17 Å². The monoisotopic (exact) mass is 448 g/mol. The van der Waals surface area contributed by atoms with Gasteiger partial charge in [0.1, 0.15) is 6.17 Å². The number of unbranched alkanes of at least 4 members (excludes halogenated alkanes) is 20. The molecule has 0 saturated carbocycles. The van der Waals surface area contributed by atoms with Gasteiger partial charge in [0, 0.05) is 26.0 Å². The van der Waals surface area contributed by atoms with Gasteiger partial charge in [-0.3, -0.25) is 0 Å². The summed E-state index contributed by atoms with van der Waals surface area (Å²) in [5.74, 6) is 0. The highest BCUT2D eigenvalue weighted by Gasteiger charge is 2.22. The quantitative estimate of drug-likeness (QED) is 0.135. The van der Waals surface area contributed by atoms with Gasteiger partial charge in [-0.05, 0) is 19.3 Å². The molecule has 0 amide bonds. The van der Waals surface area contributed by atoms with Gasteiger partial charge in [0.15, 0.2) is 0 Å². The van der Waals surface area contributed by atoms with Crippen LogP contribution in [0.25, 0.3) is 0 Å². The molecule has 0 bridgehead atoms. The third-order valence-corrected chi connectivity index (χ3v) is 7.43. The standard InChI is InChI=1S/C30H60N2/c1-4-6-8-10-12-13-14-15-16-17-18-19-20-21-22-24-26-30-31(3)28-29-32(30)27-25-23-11-9-7-5-2/h28-30H,4-27H2,1-3H3. The molecule has 1 aliphatic heterocycles. The Morgan fingerprint density at radius 3 is 1.28 bits per heavy atom. The molecule has 1 aliphatic rings. The van der Waals surface area contributed by atoms with E-state index in [1.807, 2.05) is 0 Å². The highest BCUT2D eigenvalue weighted by atomic mass is 15.4. The topological polar surface area (TPSA) is 6.48 Å². The molecule has 0 aliphatic carbocycles. The minimum atomic E-state index is 0.622. The number of hydrogen-bond acceptors (Lipinski definition) is 2. The smallest absolute Gasteiger partial charge is 0.100 e. The van der Waals surface area contributed by atoms with E-state index in [0.717, 1.165) is 0 Å². The molecule has 1 heterocycles. The SMILES string of the molecule is CCCCCCCCCCCCCCCCCCC1N(C)C=CN1CCCCCCCC. The van der Waals surface area contributed by atoms with Gasteiger partial charge in [0.05, 0.1) is 0 Å². The van der Waals surface area contributed by atoms with Gasteiger partial charge >= 0.3 is 0 Å². The fourth-order valence-electron chi connectivity index (χ4n) is 5.17. The Morgan fingerprint density at radius 1 is 0.469 bits per heavy atom. The van der Waals surface area contributed by atoms with E-state index in [4.69, 9.17) is 0 Å². The summed E-state index contributed by atoms with van der Waals surface area (Å²) in [5, 5.41) is 0. The van der Waals surface area contributed by atoms with Crippen LogP contribution in [-0.4, -0.2) is 29.6 Å². The molecule has 0 aromatic heterocycles. The molecule has 2 heteroatoms. The van der Waals surface area contributed by atoms with Crippen molar-refractivity contribution in [3.05, 3.63) is 12.4 Å². The molecular weight excluding hydrogens is 388 g/mol. The predicted octanol–water partition coefficient (Wildman–Crippen LogP) is 10.0. The van der Waals surface area contributed by atoms with Crippen molar-refractivity contribution in [1.29, 1.82) is 0 Å². The normalized spacial score (nSPS) is 15.9. The maximum Gasteiger partial charge on any atom is 0.100 e. The molecule has 1 unspecified atom stereocenters. The van der Waals surface area contributed by atoms with E-state index in [2.05, 4.69) is 43.1 Å². The summed E-state index contributed by atoms with van der Waals surface area (Å²) in [4.78, 5) is 5.04. The van der Waals surface area contributed by atoms with Crippen LogP contribution < -0.4 is 0 Å². The second-order valence-corrected chi connectivity index (χ2v) is 10.5. The van der Waals surface area contributed by atoms with Gasteiger partial charge in [-0.15, -0.1) is 0 Å². The Morgan fingerprint density at radius 2 is 0.844 bits per heavy atom. The van der Waals surface area contributed by atoms with Crippen molar-refractivity contribution in [2.45, 2.75) is 168 Å². The van der Waals surface area contributed by atoms with Crippen molar-refractivity contribution in [2.75, 3.05) is 13.6 Å². The average Bonchev–Trinajstić information content (AvgIpc) is 3.15. The largest absolute Gasteiger partial charge is 0.359 e. The molecule has 0 aromatic carbocycles. The molecule has 190 valence electrons. The molecule has 0 spiro atoms. The average molecular weight is 449 g/mol. The van der Waals surface area contributed by atoms with Gasteiger partial charge in [-0.2, -0.15) is 0 Å². The van der Waals surface area contributed by atoms with Crippen molar-refractivity contribution in [3.63, 3.8) is 0 Å². The van der Waals surface area contributed by atoms with Crippen LogP contribution in [0.4, 0.5) is 0 Å². The first-order valence-corrected chi connectivity index (χ1v) is 15.0. The van der Waals surface area contributed by atoms with Crippen LogP contribution in [0, 0.1) is 0 Å². The molecule has 0 radical (unpaired) electrons. The predicted molar refractivity (Wildman–Crippen MR) is 145 cm³/mol. The van der Waals surface area contributed by atoms with Crippen LogP contribution in [0.2, 0.25) is 0 Å². The van der Waals surface area contributed by atoms with E-state index < -0.39 is 0 Å². The first-order valence-electron chi connectivity index (χ1n) is 15.0. The Bertz CT molecular complexity index is 406. The van der Waals surface area contributed by atoms with Crippen molar-refractivity contribution >= 4 is 0 Å². The zero-order valence-electron chi connectivity index (χ0n) is 22.6. The van der Waals surface area contributed by atoms with Crippen molar-refractivity contribution in [1.82, 2.24) is 9.80 Å². The highest BCUT2D eigenvalue weighted by Crippen LogP contribution is 2.21. The highest BCUT2D eigenvalue weighted by molar-refractivity contribution is 4.95. The number of rotatable bonds is 24.